The number of nitrogens with one attached hydrogen (secondary N) is 1. The molecule has 0 radical (unpaired) electrons. The Morgan fingerprint density at radius 1 is 0.974 bits per heavy atom. The van der Waals surface area contributed by atoms with E-state index in [-0.39, 0.29) is 12.6 Å². The Kier molecular flexibility index (Phi) is 6.07. The molecule has 3 aromatic carbocycles. The van der Waals surface area contributed by atoms with Gasteiger partial charge in [-0.1, -0.05) is 46.3 Å². The van der Waals surface area contributed by atoms with E-state index in [4.69, 9.17) is 24.0 Å². The van der Waals surface area contributed by atoms with E-state index in [1.807, 2.05) is 71.4 Å². The zero-order valence-electron chi connectivity index (χ0n) is 20.9. The van der Waals surface area contributed by atoms with Crippen LogP contribution in [0.5, 0.6) is 17.2 Å². The summed E-state index contributed by atoms with van der Waals surface area (Å²) in [7, 11) is 4.71. The van der Waals surface area contributed by atoms with Crippen molar-refractivity contribution >= 4 is 27.7 Å². The second kappa shape index (κ2) is 9.57. The smallest absolute Gasteiger partial charge is 0.337 e. The second-order valence-corrected chi connectivity index (χ2v) is 9.77. The number of hydrogen-bond donors (Lipinski definition) is 1. The van der Waals surface area contributed by atoms with E-state index in [2.05, 4.69) is 21.2 Å². The number of benzene rings is 3. The zero-order valence-corrected chi connectivity index (χ0v) is 22.5. The van der Waals surface area contributed by atoms with Gasteiger partial charge in [-0.15, -0.1) is 0 Å². The van der Waals surface area contributed by atoms with Crippen molar-refractivity contribution in [3.8, 4) is 34.2 Å². The highest BCUT2D eigenvalue weighted by molar-refractivity contribution is 9.10. The maximum absolute atomic E-state index is 13.2. The number of methoxy groups -OCH3 is 3. The van der Waals surface area contributed by atoms with E-state index >= 15 is 0 Å². The largest absolute Gasteiger partial charge is 0.493 e. The summed E-state index contributed by atoms with van der Waals surface area (Å²) >= 11 is 3.53. The number of anilines is 1. The number of fused-ring (bicyclic) bond motifs is 1. The van der Waals surface area contributed by atoms with Gasteiger partial charge in [0.1, 0.15) is 12.4 Å². The molecule has 1 atom stereocenters. The number of cyclic esters (lactones) is 1. The predicted octanol–water partition coefficient (Wildman–Crippen LogP) is 5.70. The van der Waals surface area contributed by atoms with E-state index in [0.717, 1.165) is 38.4 Å². The van der Waals surface area contributed by atoms with Crippen LogP contribution in [0.4, 0.5) is 5.82 Å². The van der Waals surface area contributed by atoms with Crippen LogP contribution in [-0.2, 0) is 9.53 Å². The molecule has 2 aliphatic rings. The number of nitrogens with zero attached hydrogens (tertiary/aromatic N) is 2. The van der Waals surface area contributed by atoms with Crippen LogP contribution in [0.2, 0.25) is 0 Å². The van der Waals surface area contributed by atoms with Crippen LogP contribution in [0.15, 0.2) is 82.5 Å². The van der Waals surface area contributed by atoms with Gasteiger partial charge in [0.2, 0.25) is 5.75 Å². The molecule has 6 rings (SSSR count). The molecule has 3 heterocycles. The summed E-state index contributed by atoms with van der Waals surface area (Å²) in [5.41, 5.74) is 5.43. The molecule has 8 nitrogen and oxygen atoms in total. The van der Waals surface area contributed by atoms with Crippen LogP contribution in [0.3, 0.4) is 0 Å². The molecule has 1 N–H and O–H groups in total. The second-order valence-electron chi connectivity index (χ2n) is 8.85. The molecular formula is C29H24BrN3O5. The Labute approximate surface area is 227 Å². The van der Waals surface area contributed by atoms with Crippen LogP contribution in [-0.4, -0.2) is 43.7 Å². The molecular weight excluding hydrogens is 550 g/mol. The Morgan fingerprint density at radius 3 is 2.29 bits per heavy atom. The van der Waals surface area contributed by atoms with Gasteiger partial charge < -0.3 is 24.3 Å². The van der Waals surface area contributed by atoms with Crippen molar-refractivity contribution in [2.24, 2.45) is 0 Å². The highest BCUT2D eigenvalue weighted by Gasteiger charge is 2.43. The van der Waals surface area contributed by atoms with Gasteiger partial charge in [0.05, 0.1) is 44.0 Å². The molecule has 0 amide bonds. The van der Waals surface area contributed by atoms with Crippen LogP contribution in [0, 0.1) is 0 Å². The summed E-state index contributed by atoms with van der Waals surface area (Å²) in [4.78, 5) is 13.2. The van der Waals surface area contributed by atoms with Crippen molar-refractivity contribution in [3.63, 3.8) is 0 Å². The van der Waals surface area contributed by atoms with Crippen LogP contribution in [0.25, 0.3) is 16.9 Å². The number of esters is 1. The van der Waals surface area contributed by atoms with Crippen molar-refractivity contribution < 1.29 is 23.7 Å². The fraction of sp³-hybridized carbons (Fsp3) is 0.172. The lowest BCUT2D eigenvalue weighted by molar-refractivity contribution is -0.136. The maximum atomic E-state index is 13.2. The molecule has 0 aliphatic carbocycles. The van der Waals surface area contributed by atoms with Gasteiger partial charge in [-0.05, 0) is 42.0 Å². The van der Waals surface area contributed by atoms with Crippen molar-refractivity contribution in [3.05, 3.63) is 93.6 Å². The molecule has 0 saturated heterocycles. The topological polar surface area (TPSA) is 83.8 Å². The van der Waals surface area contributed by atoms with Crippen LogP contribution in [0.1, 0.15) is 17.0 Å². The summed E-state index contributed by atoms with van der Waals surface area (Å²) in [6, 6.07) is 21.6. The monoisotopic (exact) mass is 573 g/mol. The maximum Gasteiger partial charge on any atom is 0.337 e. The van der Waals surface area contributed by atoms with E-state index in [0.29, 0.717) is 28.5 Å². The molecule has 0 bridgehead atoms. The first kappa shape index (κ1) is 24.1. The lowest BCUT2D eigenvalue weighted by Crippen LogP contribution is -2.21. The molecule has 192 valence electrons. The first-order valence-electron chi connectivity index (χ1n) is 12.0. The number of carbonyl (C=O) groups is 1. The summed E-state index contributed by atoms with van der Waals surface area (Å²) in [6.45, 7) is 0.155. The number of aromatic nitrogens is 2. The summed E-state index contributed by atoms with van der Waals surface area (Å²) in [5.74, 6) is 1.37. The highest BCUT2D eigenvalue weighted by Crippen LogP contribution is 2.51. The van der Waals surface area contributed by atoms with Crippen molar-refractivity contribution in [2.75, 3.05) is 33.3 Å². The minimum atomic E-state index is -0.499. The average molecular weight is 574 g/mol. The minimum Gasteiger partial charge on any atom is -0.493 e. The van der Waals surface area contributed by atoms with Crippen LogP contribution >= 0.6 is 15.9 Å². The van der Waals surface area contributed by atoms with Gasteiger partial charge in [0.25, 0.3) is 0 Å². The predicted molar refractivity (Wildman–Crippen MR) is 146 cm³/mol. The fourth-order valence-corrected chi connectivity index (χ4v) is 5.37. The Bertz CT molecular complexity index is 1550. The van der Waals surface area contributed by atoms with E-state index < -0.39 is 5.92 Å². The Morgan fingerprint density at radius 2 is 1.66 bits per heavy atom. The summed E-state index contributed by atoms with van der Waals surface area (Å²) in [5, 5.41) is 8.56. The first-order chi connectivity index (χ1) is 18.5. The fourth-order valence-electron chi connectivity index (χ4n) is 5.10. The van der Waals surface area contributed by atoms with Crippen LogP contribution < -0.4 is 19.5 Å². The summed E-state index contributed by atoms with van der Waals surface area (Å²) in [6.07, 6.45) is 0. The minimum absolute atomic E-state index is 0.155. The number of hydrogen-bond acceptors (Lipinski definition) is 7. The molecule has 9 heteroatoms. The molecule has 1 aromatic heterocycles. The van der Waals surface area contributed by atoms with E-state index in [1.165, 1.54) is 0 Å². The molecule has 4 aromatic rings. The lowest BCUT2D eigenvalue weighted by atomic mass is 9.80. The molecule has 0 saturated carbocycles. The standard InChI is InChI=1S/C29H24BrN3O5/c1-35-21-13-17(14-22(36-2)27(21)37-3)23-24-20(15-38-29(24)34)31-28-25(23)26(16-9-11-18(30)12-10-16)32-33(28)19-7-5-4-6-8-19/h4-14,23,31H,15H2,1-3H3/t23-/m0/s1. The molecule has 0 spiro atoms. The van der Waals surface area contributed by atoms with E-state index in [1.54, 1.807) is 21.3 Å². The van der Waals surface area contributed by atoms with Gasteiger partial charge in [-0.2, -0.15) is 5.10 Å². The third-order valence-corrected chi connectivity index (χ3v) is 7.33. The quantitative estimate of drug-likeness (QED) is 0.296. The van der Waals surface area contributed by atoms with Crippen molar-refractivity contribution in [2.45, 2.75) is 5.92 Å². The van der Waals surface area contributed by atoms with Gasteiger partial charge >= 0.3 is 5.97 Å². The van der Waals surface area contributed by atoms with Gasteiger partial charge in [-0.25, -0.2) is 9.48 Å². The molecule has 0 unspecified atom stereocenters. The van der Waals surface area contributed by atoms with Gasteiger partial charge in [-0.3, -0.25) is 0 Å². The normalized spacial score (nSPS) is 15.9. The zero-order chi connectivity index (χ0) is 26.4. The molecule has 38 heavy (non-hydrogen) atoms. The third-order valence-electron chi connectivity index (χ3n) is 6.80. The number of carbonyl (C=O) groups excluding carboxylic acids is 1. The average Bonchev–Trinajstić information content (AvgIpc) is 3.52. The number of para-hydroxylation sites is 1. The number of rotatable bonds is 6. The number of ether oxygens (including phenoxy) is 4. The van der Waals surface area contributed by atoms with E-state index in [9.17, 15) is 4.79 Å². The Hall–Kier alpha value is -4.24. The van der Waals surface area contributed by atoms with Crippen molar-refractivity contribution in [1.29, 1.82) is 0 Å². The summed E-state index contributed by atoms with van der Waals surface area (Å²) < 4.78 is 25.2. The van der Waals surface area contributed by atoms with Crippen molar-refractivity contribution in [1.82, 2.24) is 9.78 Å². The number of halogens is 1. The lowest BCUT2D eigenvalue weighted by Gasteiger charge is -2.27. The Balaban J connectivity index is 1.67. The SMILES string of the molecule is COc1cc([C@H]2C3=C(COC3=O)Nc3c2c(-c2ccc(Br)cc2)nn3-c2ccccc2)cc(OC)c1OC. The first-order valence-corrected chi connectivity index (χ1v) is 12.7. The molecule has 0 fully saturated rings. The molecule has 2 aliphatic heterocycles. The highest BCUT2D eigenvalue weighted by atomic mass is 79.9. The van der Waals surface area contributed by atoms with Gasteiger partial charge in [0.15, 0.2) is 11.5 Å². The van der Waals surface area contributed by atoms with Gasteiger partial charge in [0, 0.05) is 21.5 Å². The third kappa shape index (κ3) is 3.81.